The first-order chi connectivity index (χ1) is 7.52. The molecule has 0 aromatic carbocycles. The van der Waals surface area contributed by atoms with Gasteiger partial charge in [-0.25, -0.2) is 0 Å². The molecule has 16 heavy (non-hydrogen) atoms. The van der Waals surface area contributed by atoms with Crippen molar-refractivity contribution in [2.24, 2.45) is 0 Å². The lowest BCUT2D eigenvalue weighted by molar-refractivity contribution is -0.126. The Labute approximate surface area is 106 Å². The van der Waals surface area contributed by atoms with E-state index in [9.17, 15) is 4.79 Å². The van der Waals surface area contributed by atoms with Gasteiger partial charge in [0.1, 0.15) is 0 Å². The maximum atomic E-state index is 11.8. The number of allylic oxidation sites excluding steroid dienone is 1. The Bertz CT molecular complexity index is 393. The summed E-state index contributed by atoms with van der Waals surface area (Å²) >= 11 is 7.37. The smallest absolute Gasteiger partial charge is 0.246 e. The highest BCUT2D eigenvalue weighted by molar-refractivity contribution is 7.16. The standard InChI is InChI=1S/C12H16ClNOS/c1-4-14(12(15)7-9(2)3)8-10-5-6-11(13)16-10/h5-7H,4,8H2,1-3H3. The first-order valence-electron chi connectivity index (χ1n) is 5.21. The third-order valence-electron chi connectivity index (χ3n) is 2.08. The molecule has 0 aliphatic rings. The number of hydrogen-bond acceptors (Lipinski definition) is 2. The Morgan fingerprint density at radius 3 is 2.62 bits per heavy atom. The van der Waals surface area contributed by atoms with Gasteiger partial charge in [-0.05, 0) is 32.9 Å². The van der Waals surface area contributed by atoms with E-state index in [0.29, 0.717) is 13.1 Å². The van der Waals surface area contributed by atoms with E-state index in [0.717, 1.165) is 14.8 Å². The molecular formula is C12H16ClNOS. The molecule has 0 N–H and O–H groups in total. The predicted octanol–water partition coefficient (Wildman–Crippen LogP) is 3.72. The number of likely N-dealkylation sites (N-methyl/N-ethyl adjacent to an activating group) is 1. The van der Waals surface area contributed by atoms with Crippen molar-refractivity contribution in [3.63, 3.8) is 0 Å². The van der Waals surface area contributed by atoms with E-state index in [1.165, 1.54) is 11.3 Å². The van der Waals surface area contributed by atoms with Crippen LogP contribution in [0.3, 0.4) is 0 Å². The van der Waals surface area contributed by atoms with Crippen molar-refractivity contribution in [3.8, 4) is 0 Å². The van der Waals surface area contributed by atoms with Crippen molar-refractivity contribution in [2.75, 3.05) is 6.54 Å². The Hall–Kier alpha value is -0.800. The first-order valence-corrected chi connectivity index (χ1v) is 6.40. The molecule has 1 aromatic rings. The van der Waals surface area contributed by atoms with Gasteiger partial charge in [0, 0.05) is 17.5 Å². The highest BCUT2D eigenvalue weighted by Crippen LogP contribution is 2.22. The molecule has 0 radical (unpaired) electrons. The lowest BCUT2D eigenvalue weighted by Crippen LogP contribution is -2.28. The quantitative estimate of drug-likeness (QED) is 0.753. The van der Waals surface area contributed by atoms with Crippen LogP contribution in [-0.4, -0.2) is 17.4 Å². The lowest BCUT2D eigenvalue weighted by Gasteiger charge is -2.18. The topological polar surface area (TPSA) is 20.3 Å². The summed E-state index contributed by atoms with van der Waals surface area (Å²) in [7, 11) is 0. The highest BCUT2D eigenvalue weighted by atomic mass is 35.5. The molecule has 1 aromatic heterocycles. The average Bonchev–Trinajstić information content (AvgIpc) is 2.59. The van der Waals surface area contributed by atoms with Crippen LogP contribution in [0.25, 0.3) is 0 Å². The van der Waals surface area contributed by atoms with Crippen LogP contribution >= 0.6 is 22.9 Å². The van der Waals surface area contributed by atoms with E-state index < -0.39 is 0 Å². The fraction of sp³-hybridized carbons (Fsp3) is 0.417. The van der Waals surface area contributed by atoms with Crippen molar-refractivity contribution in [1.82, 2.24) is 4.90 Å². The zero-order chi connectivity index (χ0) is 12.1. The molecule has 0 spiro atoms. The Morgan fingerprint density at radius 2 is 2.19 bits per heavy atom. The van der Waals surface area contributed by atoms with E-state index in [1.54, 1.807) is 11.0 Å². The maximum Gasteiger partial charge on any atom is 0.246 e. The predicted molar refractivity (Wildman–Crippen MR) is 69.9 cm³/mol. The van der Waals surface area contributed by atoms with Crippen LogP contribution in [0, 0.1) is 0 Å². The molecule has 0 atom stereocenters. The summed E-state index contributed by atoms with van der Waals surface area (Å²) < 4.78 is 0.765. The minimum Gasteiger partial charge on any atom is -0.334 e. The molecule has 0 bridgehead atoms. The minimum absolute atomic E-state index is 0.0621. The fourth-order valence-electron chi connectivity index (χ4n) is 1.31. The molecule has 0 saturated carbocycles. The van der Waals surface area contributed by atoms with Gasteiger partial charge in [-0.3, -0.25) is 4.79 Å². The monoisotopic (exact) mass is 257 g/mol. The molecule has 1 rings (SSSR count). The molecule has 4 heteroatoms. The molecule has 0 unspecified atom stereocenters. The second kappa shape index (κ2) is 6.06. The van der Waals surface area contributed by atoms with Crippen molar-refractivity contribution in [3.05, 3.63) is 33.0 Å². The van der Waals surface area contributed by atoms with Gasteiger partial charge >= 0.3 is 0 Å². The summed E-state index contributed by atoms with van der Waals surface area (Å²) in [6, 6.07) is 3.83. The molecule has 0 aliphatic carbocycles. The molecule has 0 saturated heterocycles. The van der Waals surface area contributed by atoms with Crippen LogP contribution in [0.1, 0.15) is 25.6 Å². The molecule has 88 valence electrons. The van der Waals surface area contributed by atoms with Gasteiger partial charge < -0.3 is 4.90 Å². The molecule has 2 nitrogen and oxygen atoms in total. The Kier molecular flexibility index (Phi) is 5.03. The minimum atomic E-state index is 0.0621. The van der Waals surface area contributed by atoms with Gasteiger partial charge in [-0.2, -0.15) is 0 Å². The number of carbonyl (C=O) groups is 1. The summed E-state index contributed by atoms with van der Waals surface area (Å²) in [5.74, 6) is 0.0621. The van der Waals surface area contributed by atoms with Crippen molar-refractivity contribution >= 4 is 28.8 Å². The van der Waals surface area contributed by atoms with Gasteiger partial charge in [0.05, 0.1) is 10.9 Å². The number of hydrogen-bond donors (Lipinski definition) is 0. The number of thiophene rings is 1. The summed E-state index contributed by atoms with van der Waals surface area (Å²) in [6.45, 7) is 7.17. The summed E-state index contributed by atoms with van der Waals surface area (Å²) in [5.41, 5.74) is 1.02. The lowest BCUT2D eigenvalue weighted by atomic mass is 10.3. The zero-order valence-corrected chi connectivity index (χ0v) is 11.4. The SMILES string of the molecule is CCN(Cc1ccc(Cl)s1)C(=O)C=C(C)C. The van der Waals surface area contributed by atoms with Crippen molar-refractivity contribution < 1.29 is 4.79 Å². The third-order valence-corrected chi connectivity index (χ3v) is 3.30. The molecule has 0 fully saturated rings. The van der Waals surface area contributed by atoms with E-state index in [-0.39, 0.29) is 5.91 Å². The Balaban J connectivity index is 2.69. The van der Waals surface area contributed by atoms with Gasteiger partial charge in [-0.15, -0.1) is 11.3 Å². The normalized spacial score (nSPS) is 10.0. The van der Waals surface area contributed by atoms with E-state index in [2.05, 4.69) is 0 Å². The van der Waals surface area contributed by atoms with Crippen LogP contribution in [-0.2, 0) is 11.3 Å². The van der Waals surface area contributed by atoms with Crippen LogP contribution in [0.2, 0.25) is 4.34 Å². The number of carbonyl (C=O) groups excluding carboxylic acids is 1. The number of nitrogens with zero attached hydrogens (tertiary/aromatic N) is 1. The summed E-state index contributed by atoms with van der Waals surface area (Å²) in [5, 5.41) is 0. The number of amides is 1. The van der Waals surface area contributed by atoms with Crippen molar-refractivity contribution in [1.29, 1.82) is 0 Å². The van der Waals surface area contributed by atoms with Gasteiger partial charge in [0.15, 0.2) is 0 Å². The van der Waals surface area contributed by atoms with E-state index in [1.807, 2.05) is 32.9 Å². The number of halogens is 1. The second-order valence-corrected chi connectivity index (χ2v) is 5.58. The first kappa shape index (κ1) is 13.3. The third kappa shape index (κ3) is 3.99. The number of rotatable bonds is 4. The van der Waals surface area contributed by atoms with Crippen LogP contribution in [0.15, 0.2) is 23.8 Å². The second-order valence-electron chi connectivity index (χ2n) is 3.78. The van der Waals surface area contributed by atoms with Crippen LogP contribution < -0.4 is 0 Å². The molecule has 0 aliphatic heterocycles. The van der Waals surface area contributed by atoms with E-state index in [4.69, 9.17) is 11.6 Å². The van der Waals surface area contributed by atoms with Gasteiger partial charge in [0.2, 0.25) is 5.91 Å². The largest absolute Gasteiger partial charge is 0.334 e. The average molecular weight is 258 g/mol. The molecule has 1 amide bonds. The van der Waals surface area contributed by atoms with Crippen LogP contribution in [0.5, 0.6) is 0 Å². The Morgan fingerprint density at radius 1 is 1.50 bits per heavy atom. The fourth-order valence-corrected chi connectivity index (χ4v) is 2.41. The summed E-state index contributed by atoms with van der Waals surface area (Å²) in [4.78, 5) is 14.7. The maximum absolute atomic E-state index is 11.8. The summed E-state index contributed by atoms with van der Waals surface area (Å²) in [6.07, 6.45) is 1.67. The van der Waals surface area contributed by atoms with Crippen molar-refractivity contribution in [2.45, 2.75) is 27.3 Å². The van der Waals surface area contributed by atoms with Crippen LogP contribution in [0.4, 0.5) is 0 Å². The zero-order valence-electron chi connectivity index (χ0n) is 9.79. The van der Waals surface area contributed by atoms with Gasteiger partial charge in [0.25, 0.3) is 0 Å². The molecular weight excluding hydrogens is 242 g/mol. The highest BCUT2D eigenvalue weighted by Gasteiger charge is 2.10. The van der Waals surface area contributed by atoms with E-state index >= 15 is 0 Å². The van der Waals surface area contributed by atoms with Gasteiger partial charge in [-0.1, -0.05) is 17.2 Å². The molecule has 1 heterocycles.